The van der Waals surface area contributed by atoms with E-state index in [-0.39, 0.29) is 24.0 Å². The van der Waals surface area contributed by atoms with E-state index >= 15 is 0 Å². The molecule has 26 heavy (non-hydrogen) atoms. The quantitative estimate of drug-likeness (QED) is 0.336. The van der Waals surface area contributed by atoms with Crippen molar-refractivity contribution in [1.82, 2.24) is 15.1 Å². The third-order valence-corrected chi connectivity index (χ3v) is 4.19. The zero-order valence-electron chi connectivity index (χ0n) is 17.2. The van der Waals surface area contributed by atoms with Crippen LogP contribution in [0.4, 0.5) is 0 Å². The highest BCUT2D eigenvalue weighted by Gasteiger charge is 2.11. The van der Waals surface area contributed by atoms with Crippen molar-refractivity contribution >= 4 is 29.9 Å². The summed E-state index contributed by atoms with van der Waals surface area (Å²) in [7, 11) is 7.50. The van der Waals surface area contributed by atoms with Gasteiger partial charge in [-0.2, -0.15) is 0 Å². The Morgan fingerprint density at radius 2 is 1.88 bits per heavy atom. The molecule has 0 amide bonds. The van der Waals surface area contributed by atoms with E-state index < -0.39 is 0 Å². The number of nitrogens with one attached hydrogen (secondary N) is 1. The highest BCUT2D eigenvalue weighted by atomic mass is 127. The standard InChI is InChI=1S/C19H34N4O2.HI/c1-8-20-19(21-11-12-22(4)15(2)3)23(5)14-16-9-10-17(24-6)13-18(16)25-7;/h9-10,13,15H,8,11-12,14H2,1-7H3,(H,20,21);1H. The van der Waals surface area contributed by atoms with Crippen molar-refractivity contribution in [2.45, 2.75) is 33.4 Å². The molecular weight excluding hydrogens is 443 g/mol. The van der Waals surface area contributed by atoms with Crippen LogP contribution in [0.3, 0.4) is 0 Å². The molecular formula is C19H35IN4O2. The molecule has 0 saturated heterocycles. The lowest BCUT2D eigenvalue weighted by Gasteiger charge is -2.24. The van der Waals surface area contributed by atoms with Crippen molar-refractivity contribution in [3.8, 4) is 11.5 Å². The Hall–Kier alpha value is -1.22. The number of guanidine groups is 1. The lowest BCUT2D eigenvalue weighted by Crippen LogP contribution is -2.39. The maximum atomic E-state index is 5.49. The highest BCUT2D eigenvalue weighted by molar-refractivity contribution is 14.0. The Morgan fingerprint density at radius 3 is 2.42 bits per heavy atom. The Kier molecular flexibility index (Phi) is 12.4. The normalized spacial score (nSPS) is 11.3. The van der Waals surface area contributed by atoms with Crippen molar-refractivity contribution in [2.75, 3.05) is 47.9 Å². The fourth-order valence-corrected chi connectivity index (χ4v) is 2.35. The SMILES string of the molecule is CCNC(=NCCN(C)C(C)C)N(C)Cc1ccc(OC)cc1OC.I. The van der Waals surface area contributed by atoms with Gasteiger partial charge in [-0.05, 0) is 40.0 Å². The predicted octanol–water partition coefficient (Wildman–Crippen LogP) is 3.06. The summed E-state index contributed by atoms with van der Waals surface area (Å²) >= 11 is 0. The van der Waals surface area contributed by atoms with Gasteiger partial charge in [-0.25, -0.2) is 0 Å². The van der Waals surface area contributed by atoms with Crippen LogP contribution in [-0.2, 0) is 6.54 Å². The molecule has 0 aliphatic carbocycles. The van der Waals surface area contributed by atoms with Gasteiger partial charge in [0.2, 0.25) is 0 Å². The zero-order chi connectivity index (χ0) is 18.8. The van der Waals surface area contributed by atoms with Gasteiger partial charge in [-0.15, -0.1) is 24.0 Å². The van der Waals surface area contributed by atoms with E-state index in [0.29, 0.717) is 12.6 Å². The molecule has 1 rings (SSSR count). The van der Waals surface area contributed by atoms with E-state index in [1.54, 1.807) is 14.2 Å². The Bertz CT molecular complexity index is 552. The third kappa shape index (κ3) is 7.99. The first-order valence-corrected chi connectivity index (χ1v) is 8.83. The summed E-state index contributed by atoms with van der Waals surface area (Å²) in [4.78, 5) is 9.15. The minimum atomic E-state index is 0. The molecule has 7 heteroatoms. The van der Waals surface area contributed by atoms with Gasteiger partial charge in [-0.1, -0.05) is 0 Å². The van der Waals surface area contributed by atoms with E-state index in [0.717, 1.165) is 42.7 Å². The molecule has 0 aliphatic heterocycles. The first-order valence-electron chi connectivity index (χ1n) is 8.83. The van der Waals surface area contributed by atoms with Gasteiger partial charge in [0.15, 0.2) is 5.96 Å². The fourth-order valence-electron chi connectivity index (χ4n) is 2.35. The summed E-state index contributed by atoms with van der Waals surface area (Å²) in [5.41, 5.74) is 1.09. The van der Waals surface area contributed by atoms with Crippen LogP contribution in [0.5, 0.6) is 11.5 Å². The number of nitrogens with zero attached hydrogens (tertiary/aromatic N) is 3. The molecule has 0 bridgehead atoms. The van der Waals surface area contributed by atoms with E-state index in [4.69, 9.17) is 14.5 Å². The molecule has 6 nitrogen and oxygen atoms in total. The second-order valence-corrected chi connectivity index (χ2v) is 6.34. The minimum Gasteiger partial charge on any atom is -0.497 e. The van der Waals surface area contributed by atoms with Gasteiger partial charge < -0.3 is 24.6 Å². The van der Waals surface area contributed by atoms with E-state index in [1.807, 2.05) is 25.2 Å². The van der Waals surface area contributed by atoms with Crippen LogP contribution in [-0.4, -0.2) is 69.8 Å². The molecule has 1 N–H and O–H groups in total. The topological polar surface area (TPSA) is 49.3 Å². The van der Waals surface area contributed by atoms with Gasteiger partial charge in [-0.3, -0.25) is 4.99 Å². The summed E-state index contributed by atoms with van der Waals surface area (Å²) in [6, 6.07) is 6.42. The molecule has 0 unspecified atom stereocenters. The monoisotopic (exact) mass is 478 g/mol. The molecule has 150 valence electrons. The average molecular weight is 478 g/mol. The molecule has 1 aromatic rings. The number of likely N-dealkylation sites (N-methyl/N-ethyl adjacent to an activating group) is 1. The summed E-state index contributed by atoms with van der Waals surface area (Å²) in [5, 5.41) is 3.36. The Balaban J connectivity index is 0.00000625. The van der Waals surface area contributed by atoms with Crippen molar-refractivity contribution in [3.05, 3.63) is 23.8 Å². The van der Waals surface area contributed by atoms with E-state index in [9.17, 15) is 0 Å². The van der Waals surface area contributed by atoms with Crippen LogP contribution in [0, 0.1) is 0 Å². The smallest absolute Gasteiger partial charge is 0.194 e. The number of hydrogen-bond donors (Lipinski definition) is 1. The maximum Gasteiger partial charge on any atom is 0.194 e. The minimum absolute atomic E-state index is 0. The summed E-state index contributed by atoms with van der Waals surface area (Å²) < 4.78 is 10.8. The van der Waals surface area contributed by atoms with Gasteiger partial charge in [0, 0.05) is 44.4 Å². The van der Waals surface area contributed by atoms with E-state index in [1.165, 1.54) is 0 Å². The number of hydrogen-bond acceptors (Lipinski definition) is 4. The summed E-state index contributed by atoms with van der Waals surface area (Å²) in [5.74, 6) is 2.51. The van der Waals surface area contributed by atoms with Crippen LogP contribution in [0.15, 0.2) is 23.2 Å². The van der Waals surface area contributed by atoms with Crippen LogP contribution < -0.4 is 14.8 Å². The predicted molar refractivity (Wildman–Crippen MR) is 120 cm³/mol. The van der Waals surface area contributed by atoms with Gasteiger partial charge in [0.05, 0.1) is 20.8 Å². The molecule has 0 atom stereocenters. The highest BCUT2D eigenvalue weighted by Crippen LogP contribution is 2.25. The molecule has 0 radical (unpaired) electrons. The van der Waals surface area contributed by atoms with Crippen molar-refractivity contribution in [1.29, 1.82) is 0 Å². The number of rotatable bonds is 9. The lowest BCUT2D eigenvalue weighted by atomic mass is 10.2. The van der Waals surface area contributed by atoms with Gasteiger partial charge >= 0.3 is 0 Å². The van der Waals surface area contributed by atoms with Crippen molar-refractivity contribution in [2.24, 2.45) is 4.99 Å². The fraction of sp³-hybridized carbons (Fsp3) is 0.632. The van der Waals surface area contributed by atoms with Crippen LogP contribution in [0.2, 0.25) is 0 Å². The number of aliphatic imine (C=N–C) groups is 1. The van der Waals surface area contributed by atoms with Crippen molar-refractivity contribution in [3.63, 3.8) is 0 Å². The second-order valence-electron chi connectivity index (χ2n) is 6.34. The molecule has 0 heterocycles. The summed E-state index contributed by atoms with van der Waals surface area (Å²) in [6.45, 7) is 9.71. The largest absolute Gasteiger partial charge is 0.497 e. The van der Waals surface area contributed by atoms with Gasteiger partial charge in [0.25, 0.3) is 0 Å². The number of benzene rings is 1. The Morgan fingerprint density at radius 1 is 1.19 bits per heavy atom. The molecule has 1 aromatic carbocycles. The third-order valence-electron chi connectivity index (χ3n) is 4.19. The van der Waals surface area contributed by atoms with Crippen LogP contribution in [0.25, 0.3) is 0 Å². The maximum absolute atomic E-state index is 5.49. The molecule has 0 aliphatic rings. The average Bonchev–Trinajstić information content (AvgIpc) is 2.60. The molecule has 0 fully saturated rings. The summed E-state index contributed by atoms with van der Waals surface area (Å²) in [6.07, 6.45) is 0. The first-order chi connectivity index (χ1) is 11.9. The second kappa shape index (κ2) is 13.0. The van der Waals surface area contributed by atoms with Gasteiger partial charge in [0.1, 0.15) is 11.5 Å². The first kappa shape index (κ1) is 24.8. The number of methoxy groups -OCH3 is 2. The lowest BCUT2D eigenvalue weighted by molar-refractivity contribution is 0.281. The molecule has 0 saturated carbocycles. The molecule has 0 aromatic heterocycles. The number of halogens is 1. The van der Waals surface area contributed by atoms with Crippen LogP contribution in [0.1, 0.15) is 26.3 Å². The van der Waals surface area contributed by atoms with E-state index in [2.05, 4.69) is 42.9 Å². The molecule has 0 spiro atoms. The van der Waals surface area contributed by atoms with Crippen LogP contribution >= 0.6 is 24.0 Å². The van der Waals surface area contributed by atoms with Crippen molar-refractivity contribution < 1.29 is 9.47 Å². The Labute approximate surface area is 176 Å². The zero-order valence-corrected chi connectivity index (χ0v) is 19.5. The number of ether oxygens (including phenoxy) is 2.